The zero-order chi connectivity index (χ0) is 17.0. The summed E-state index contributed by atoms with van der Waals surface area (Å²) in [6.45, 7) is 3.64. The van der Waals surface area contributed by atoms with Gasteiger partial charge in [0, 0.05) is 25.1 Å². The van der Waals surface area contributed by atoms with Crippen molar-refractivity contribution in [2.75, 3.05) is 19.0 Å². The van der Waals surface area contributed by atoms with Crippen LogP contribution in [0.1, 0.15) is 25.3 Å². The number of rotatable bonds is 6. The van der Waals surface area contributed by atoms with E-state index in [1.54, 1.807) is 24.3 Å². The molecule has 0 spiro atoms. The predicted octanol–water partition coefficient (Wildman–Crippen LogP) is 3.77. The van der Waals surface area contributed by atoms with E-state index < -0.39 is 13.2 Å². The Kier molecular flexibility index (Phi) is 5.64. The van der Waals surface area contributed by atoms with Gasteiger partial charge in [-0.1, -0.05) is 30.3 Å². The molecule has 124 valence electrons. The lowest BCUT2D eigenvalue weighted by Gasteiger charge is -2.26. The van der Waals surface area contributed by atoms with Crippen molar-refractivity contribution in [3.8, 4) is 0 Å². The molecule has 23 heavy (non-hydrogen) atoms. The monoisotopic (exact) mass is 333 g/mol. The maximum absolute atomic E-state index is 13.5. The standard InChI is InChI=1S/C18H24NO3P/c1-14(2)22-23(21,18(20)15-8-6-5-7-9-15)17-12-10-16(11-13-17)19(3)4/h5-14,18,20H,1-4H3/t18-,23+/m1/s1. The highest BCUT2D eigenvalue weighted by molar-refractivity contribution is 7.67. The molecule has 0 unspecified atom stereocenters. The van der Waals surface area contributed by atoms with Gasteiger partial charge >= 0.3 is 0 Å². The van der Waals surface area contributed by atoms with Gasteiger partial charge in [-0.25, -0.2) is 0 Å². The second kappa shape index (κ2) is 7.31. The van der Waals surface area contributed by atoms with E-state index in [1.807, 2.05) is 63.2 Å². The van der Waals surface area contributed by atoms with Gasteiger partial charge in [0.15, 0.2) is 5.85 Å². The lowest BCUT2D eigenvalue weighted by atomic mass is 10.2. The maximum atomic E-state index is 13.5. The van der Waals surface area contributed by atoms with Gasteiger partial charge in [0.05, 0.1) is 6.10 Å². The Balaban J connectivity index is 2.44. The summed E-state index contributed by atoms with van der Waals surface area (Å²) in [7, 11) is 0.431. The molecular formula is C18H24NO3P. The van der Waals surface area contributed by atoms with Crippen LogP contribution < -0.4 is 10.2 Å². The zero-order valence-electron chi connectivity index (χ0n) is 14.0. The number of hydrogen-bond acceptors (Lipinski definition) is 4. The highest BCUT2D eigenvalue weighted by atomic mass is 31.2. The summed E-state index contributed by atoms with van der Waals surface area (Å²) < 4.78 is 19.3. The fraction of sp³-hybridized carbons (Fsp3) is 0.333. The van der Waals surface area contributed by atoms with Crippen molar-refractivity contribution in [2.24, 2.45) is 0 Å². The van der Waals surface area contributed by atoms with Gasteiger partial charge in [-0.15, -0.1) is 0 Å². The SMILES string of the molecule is CC(C)O[P@@](=O)(c1ccc(N(C)C)cc1)[C@@H](O)c1ccccc1. The van der Waals surface area contributed by atoms with E-state index in [2.05, 4.69) is 0 Å². The van der Waals surface area contributed by atoms with Gasteiger partial charge in [0.2, 0.25) is 0 Å². The first-order valence-electron chi connectivity index (χ1n) is 7.63. The molecule has 0 aliphatic heterocycles. The van der Waals surface area contributed by atoms with Gasteiger partial charge in [-0.2, -0.15) is 0 Å². The van der Waals surface area contributed by atoms with Crippen LogP contribution in [0.15, 0.2) is 54.6 Å². The lowest BCUT2D eigenvalue weighted by molar-refractivity contribution is 0.189. The average molecular weight is 333 g/mol. The normalized spacial score (nSPS) is 15.2. The Labute approximate surface area is 138 Å². The molecule has 0 aliphatic carbocycles. The fourth-order valence-electron chi connectivity index (χ4n) is 2.35. The summed E-state index contributed by atoms with van der Waals surface area (Å²) in [6.07, 6.45) is -0.257. The fourth-order valence-corrected chi connectivity index (χ4v) is 4.63. The number of aliphatic hydroxyl groups is 1. The van der Waals surface area contributed by atoms with Crippen LogP contribution in [0, 0.1) is 0 Å². The summed E-state index contributed by atoms with van der Waals surface area (Å²) in [5.41, 5.74) is 1.59. The Bertz CT molecular complexity index is 668. The molecule has 0 heterocycles. The van der Waals surface area contributed by atoms with Gasteiger partial charge in [-0.3, -0.25) is 4.57 Å². The van der Waals surface area contributed by atoms with Crippen LogP contribution in [0.5, 0.6) is 0 Å². The van der Waals surface area contributed by atoms with E-state index in [4.69, 9.17) is 4.52 Å². The minimum Gasteiger partial charge on any atom is -0.378 e. The van der Waals surface area contributed by atoms with Crippen LogP contribution in [-0.2, 0) is 9.09 Å². The van der Waals surface area contributed by atoms with Crippen LogP contribution in [0.3, 0.4) is 0 Å². The third kappa shape index (κ3) is 4.03. The molecule has 2 aromatic rings. The molecule has 0 aromatic heterocycles. The molecule has 0 bridgehead atoms. The largest absolute Gasteiger partial charge is 0.378 e. The van der Waals surface area contributed by atoms with Crippen LogP contribution in [0.2, 0.25) is 0 Å². The van der Waals surface area contributed by atoms with E-state index in [0.29, 0.717) is 10.9 Å². The maximum Gasteiger partial charge on any atom is 0.264 e. The Morgan fingerprint density at radius 3 is 2.04 bits per heavy atom. The summed E-state index contributed by atoms with van der Waals surface area (Å²) in [5, 5.41) is 11.2. The summed E-state index contributed by atoms with van der Waals surface area (Å²) in [5.74, 6) is -1.18. The number of aliphatic hydroxyl groups excluding tert-OH is 1. The summed E-state index contributed by atoms with van der Waals surface area (Å²) >= 11 is 0. The molecule has 1 N–H and O–H groups in total. The molecule has 2 aromatic carbocycles. The van der Waals surface area contributed by atoms with Gasteiger partial charge in [0.1, 0.15) is 0 Å². The van der Waals surface area contributed by atoms with Crippen molar-refractivity contribution < 1.29 is 14.2 Å². The van der Waals surface area contributed by atoms with Crippen molar-refractivity contribution in [1.82, 2.24) is 0 Å². The Morgan fingerprint density at radius 2 is 1.57 bits per heavy atom. The molecule has 0 saturated heterocycles. The van der Waals surface area contributed by atoms with Crippen LogP contribution in [-0.4, -0.2) is 25.3 Å². The van der Waals surface area contributed by atoms with E-state index in [0.717, 1.165) is 5.69 Å². The van der Waals surface area contributed by atoms with Gasteiger partial charge in [0.25, 0.3) is 7.37 Å². The number of benzene rings is 2. The molecular weight excluding hydrogens is 309 g/mol. The number of hydrogen-bond donors (Lipinski definition) is 1. The average Bonchev–Trinajstić information content (AvgIpc) is 2.54. The highest BCUT2D eigenvalue weighted by Gasteiger charge is 2.37. The first-order chi connectivity index (χ1) is 10.8. The van der Waals surface area contributed by atoms with Crippen molar-refractivity contribution in [3.63, 3.8) is 0 Å². The molecule has 0 fully saturated rings. The minimum atomic E-state index is -3.45. The van der Waals surface area contributed by atoms with Crippen molar-refractivity contribution in [2.45, 2.75) is 25.8 Å². The predicted molar refractivity (Wildman–Crippen MR) is 95.6 cm³/mol. The molecule has 0 aliphatic rings. The first-order valence-corrected chi connectivity index (χ1v) is 9.33. The third-order valence-electron chi connectivity index (χ3n) is 3.51. The summed E-state index contributed by atoms with van der Waals surface area (Å²) in [4.78, 5) is 1.96. The minimum absolute atomic E-state index is 0.257. The summed E-state index contributed by atoms with van der Waals surface area (Å²) in [6, 6.07) is 16.3. The number of anilines is 1. The molecule has 0 amide bonds. The topological polar surface area (TPSA) is 49.8 Å². The molecule has 5 heteroatoms. The van der Waals surface area contributed by atoms with Gasteiger partial charge in [-0.05, 0) is 43.7 Å². The van der Waals surface area contributed by atoms with Crippen LogP contribution >= 0.6 is 7.37 Å². The Hall–Kier alpha value is -1.61. The van der Waals surface area contributed by atoms with Crippen molar-refractivity contribution in [3.05, 3.63) is 60.2 Å². The van der Waals surface area contributed by atoms with Crippen LogP contribution in [0.4, 0.5) is 5.69 Å². The number of nitrogens with zero attached hydrogens (tertiary/aromatic N) is 1. The zero-order valence-corrected chi connectivity index (χ0v) is 14.9. The molecule has 0 radical (unpaired) electrons. The second-order valence-electron chi connectivity index (χ2n) is 5.95. The highest BCUT2D eigenvalue weighted by Crippen LogP contribution is 2.58. The van der Waals surface area contributed by atoms with Crippen molar-refractivity contribution >= 4 is 18.4 Å². The molecule has 0 saturated carbocycles. The van der Waals surface area contributed by atoms with E-state index in [1.165, 1.54) is 0 Å². The smallest absolute Gasteiger partial charge is 0.264 e. The van der Waals surface area contributed by atoms with E-state index in [9.17, 15) is 9.67 Å². The first kappa shape index (κ1) is 17.7. The molecule has 2 atom stereocenters. The Morgan fingerprint density at radius 1 is 1.00 bits per heavy atom. The van der Waals surface area contributed by atoms with Crippen LogP contribution in [0.25, 0.3) is 0 Å². The van der Waals surface area contributed by atoms with Crippen molar-refractivity contribution in [1.29, 1.82) is 0 Å². The van der Waals surface area contributed by atoms with E-state index >= 15 is 0 Å². The van der Waals surface area contributed by atoms with E-state index in [-0.39, 0.29) is 6.10 Å². The quantitative estimate of drug-likeness (QED) is 0.818. The third-order valence-corrected chi connectivity index (χ3v) is 6.21. The van der Waals surface area contributed by atoms with Gasteiger partial charge < -0.3 is 14.5 Å². The molecule has 2 rings (SSSR count). The molecule has 4 nitrogen and oxygen atoms in total. The lowest BCUT2D eigenvalue weighted by Crippen LogP contribution is -2.18. The second-order valence-corrected chi connectivity index (χ2v) is 8.36.